The minimum Gasteiger partial charge on any atom is -0.462 e. The molecule has 0 aromatic carbocycles. The summed E-state index contributed by atoms with van der Waals surface area (Å²) in [6, 6.07) is 3.17. The molecule has 4 fully saturated rings. The summed E-state index contributed by atoms with van der Waals surface area (Å²) in [5, 5.41) is 22.7. The SMILES string of the molecule is CC(=O)O[C@H]1C[C@]2(O)[C@@H]3CC[C@@H]4C[C@@H](O)CC[C@]4(C)[C@H]3CC[C@]2(C)[C@H]1c1ccc(=O)oc1. The van der Waals surface area contributed by atoms with Gasteiger partial charge >= 0.3 is 11.6 Å². The average molecular weight is 445 g/mol. The first kappa shape index (κ1) is 22.1. The Morgan fingerprint density at radius 2 is 1.91 bits per heavy atom. The van der Waals surface area contributed by atoms with Crippen LogP contribution in [0, 0.1) is 28.6 Å². The molecule has 0 spiro atoms. The Morgan fingerprint density at radius 1 is 1.12 bits per heavy atom. The van der Waals surface area contributed by atoms with E-state index in [-0.39, 0.29) is 29.3 Å². The molecule has 176 valence electrons. The number of ether oxygens (including phenoxy) is 1. The average Bonchev–Trinajstić information content (AvgIpc) is 2.95. The first-order valence-corrected chi connectivity index (χ1v) is 12.2. The van der Waals surface area contributed by atoms with Crippen molar-refractivity contribution in [1.82, 2.24) is 0 Å². The second kappa shape index (κ2) is 7.42. The third-order valence-electron chi connectivity index (χ3n) is 10.2. The molecule has 4 saturated carbocycles. The summed E-state index contributed by atoms with van der Waals surface area (Å²) in [6.45, 7) is 5.94. The number of carbonyl (C=O) groups is 1. The van der Waals surface area contributed by atoms with Gasteiger partial charge in [0.05, 0.1) is 18.0 Å². The van der Waals surface area contributed by atoms with Gasteiger partial charge in [0.15, 0.2) is 0 Å². The largest absolute Gasteiger partial charge is 0.462 e. The van der Waals surface area contributed by atoms with E-state index in [4.69, 9.17) is 9.15 Å². The minimum absolute atomic E-state index is 0.133. The zero-order chi connectivity index (χ0) is 22.9. The van der Waals surface area contributed by atoms with E-state index in [1.165, 1.54) is 19.3 Å². The van der Waals surface area contributed by atoms with Crippen molar-refractivity contribution in [3.05, 3.63) is 34.4 Å². The summed E-state index contributed by atoms with van der Waals surface area (Å²) in [5.74, 6) is 0.469. The first-order valence-electron chi connectivity index (χ1n) is 12.2. The Morgan fingerprint density at radius 3 is 2.59 bits per heavy atom. The number of aliphatic hydroxyl groups is 2. The second-order valence-corrected chi connectivity index (χ2v) is 11.5. The van der Waals surface area contributed by atoms with Crippen LogP contribution >= 0.6 is 0 Å². The zero-order valence-corrected chi connectivity index (χ0v) is 19.4. The molecule has 32 heavy (non-hydrogen) atoms. The molecular weight excluding hydrogens is 408 g/mol. The molecule has 0 bridgehead atoms. The van der Waals surface area contributed by atoms with E-state index < -0.39 is 22.7 Å². The normalized spacial score (nSPS) is 47.8. The molecule has 0 saturated heterocycles. The summed E-state index contributed by atoms with van der Waals surface area (Å²) in [7, 11) is 0. The number of rotatable bonds is 2. The molecule has 4 aliphatic carbocycles. The van der Waals surface area contributed by atoms with Gasteiger partial charge in [0.2, 0.25) is 0 Å². The highest BCUT2D eigenvalue weighted by Crippen LogP contribution is 2.70. The summed E-state index contributed by atoms with van der Waals surface area (Å²) >= 11 is 0. The molecule has 2 N–H and O–H groups in total. The predicted molar refractivity (Wildman–Crippen MR) is 118 cm³/mol. The van der Waals surface area contributed by atoms with Crippen LogP contribution in [-0.4, -0.2) is 34.0 Å². The molecule has 6 nitrogen and oxygen atoms in total. The molecule has 1 aromatic rings. The van der Waals surface area contributed by atoms with Crippen LogP contribution in [0.5, 0.6) is 0 Å². The maximum Gasteiger partial charge on any atom is 0.335 e. The smallest absolute Gasteiger partial charge is 0.335 e. The van der Waals surface area contributed by atoms with Crippen LogP contribution in [0.1, 0.15) is 83.6 Å². The highest BCUT2D eigenvalue weighted by atomic mass is 16.5. The third kappa shape index (κ3) is 3.05. The lowest BCUT2D eigenvalue weighted by Crippen LogP contribution is -2.62. The van der Waals surface area contributed by atoms with Gasteiger partial charge in [-0.3, -0.25) is 4.79 Å². The maximum absolute atomic E-state index is 12.5. The summed E-state index contributed by atoms with van der Waals surface area (Å²) in [6.07, 6.45) is 7.78. The van der Waals surface area contributed by atoms with Crippen molar-refractivity contribution in [2.24, 2.45) is 28.6 Å². The Hall–Kier alpha value is -1.66. The number of carbonyl (C=O) groups excluding carboxylic acids is 1. The topological polar surface area (TPSA) is 97.0 Å². The fraction of sp³-hybridized carbons (Fsp3) is 0.769. The lowest BCUT2D eigenvalue weighted by atomic mass is 9.43. The van der Waals surface area contributed by atoms with Gasteiger partial charge in [-0.15, -0.1) is 0 Å². The Labute approximate surface area is 189 Å². The molecule has 1 heterocycles. The monoisotopic (exact) mass is 444 g/mol. The predicted octanol–water partition coefficient (Wildman–Crippen LogP) is 3.78. The number of fused-ring (bicyclic) bond motifs is 5. The molecule has 5 rings (SSSR count). The van der Waals surface area contributed by atoms with Crippen LogP contribution in [0.15, 0.2) is 27.6 Å². The Kier molecular flexibility index (Phi) is 5.14. The number of hydrogen-bond donors (Lipinski definition) is 2. The summed E-state index contributed by atoms with van der Waals surface area (Å²) in [4.78, 5) is 23.6. The standard InChI is InChI=1S/C26H36O6/c1-15(27)32-21-13-26(30)20-6-5-17-12-18(28)8-10-24(17,2)19(20)9-11-25(26,3)23(21)16-4-7-22(29)31-14-16/h4,7,14,17-21,23,28,30H,5-6,8-13H2,1-3H3/t17-,18+,19+,20-,21+,23+,24+,25-,26+/m1/s1. The molecule has 0 radical (unpaired) electrons. The highest BCUT2D eigenvalue weighted by molar-refractivity contribution is 5.66. The van der Waals surface area contributed by atoms with Crippen LogP contribution in [0.4, 0.5) is 0 Å². The molecule has 9 atom stereocenters. The van der Waals surface area contributed by atoms with Gasteiger partial charge in [-0.25, -0.2) is 4.79 Å². The van der Waals surface area contributed by atoms with Gasteiger partial charge in [0, 0.05) is 30.7 Å². The molecule has 0 unspecified atom stereocenters. The fourth-order valence-corrected chi connectivity index (χ4v) is 8.67. The minimum atomic E-state index is -0.957. The van der Waals surface area contributed by atoms with Crippen molar-refractivity contribution in [2.75, 3.05) is 0 Å². The zero-order valence-electron chi connectivity index (χ0n) is 19.4. The van der Waals surface area contributed by atoms with Crippen LogP contribution in [0.3, 0.4) is 0 Å². The number of esters is 1. The highest BCUT2D eigenvalue weighted by Gasteiger charge is 2.70. The summed E-state index contributed by atoms with van der Waals surface area (Å²) < 4.78 is 11.0. The molecule has 6 heteroatoms. The number of aliphatic hydroxyl groups excluding tert-OH is 1. The van der Waals surface area contributed by atoms with Gasteiger partial charge in [-0.1, -0.05) is 13.8 Å². The molecule has 0 aliphatic heterocycles. The Balaban J connectivity index is 1.55. The van der Waals surface area contributed by atoms with E-state index in [2.05, 4.69) is 13.8 Å². The Bertz CT molecular complexity index is 935. The molecule has 1 aromatic heterocycles. The fourth-order valence-electron chi connectivity index (χ4n) is 8.67. The van der Waals surface area contributed by atoms with Crippen LogP contribution in [0.2, 0.25) is 0 Å². The van der Waals surface area contributed by atoms with E-state index in [0.29, 0.717) is 18.3 Å². The lowest BCUT2D eigenvalue weighted by molar-refractivity contribution is -0.205. The quantitative estimate of drug-likeness (QED) is 0.674. The van der Waals surface area contributed by atoms with Crippen molar-refractivity contribution < 1.29 is 24.2 Å². The molecule has 4 aliphatic rings. The van der Waals surface area contributed by atoms with Crippen molar-refractivity contribution in [3.63, 3.8) is 0 Å². The summed E-state index contributed by atoms with van der Waals surface area (Å²) in [5.41, 5.74) is -0.903. The maximum atomic E-state index is 12.5. The van der Waals surface area contributed by atoms with Gasteiger partial charge in [-0.05, 0) is 79.7 Å². The van der Waals surface area contributed by atoms with Gasteiger partial charge < -0.3 is 19.4 Å². The van der Waals surface area contributed by atoms with Gasteiger partial charge in [-0.2, -0.15) is 0 Å². The van der Waals surface area contributed by atoms with E-state index in [0.717, 1.165) is 50.5 Å². The third-order valence-corrected chi connectivity index (χ3v) is 10.2. The van der Waals surface area contributed by atoms with Crippen LogP contribution < -0.4 is 5.63 Å². The molecule has 0 amide bonds. The van der Waals surface area contributed by atoms with Crippen LogP contribution in [-0.2, 0) is 9.53 Å². The van der Waals surface area contributed by atoms with Crippen molar-refractivity contribution >= 4 is 5.97 Å². The van der Waals surface area contributed by atoms with Crippen molar-refractivity contribution in [2.45, 2.75) is 95.9 Å². The first-order chi connectivity index (χ1) is 15.1. The van der Waals surface area contributed by atoms with E-state index >= 15 is 0 Å². The van der Waals surface area contributed by atoms with E-state index in [1.807, 2.05) is 0 Å². The molecular formula is C26H36O6. The van der Waals surface area contributed by atoms with Crippen LogP contribution in [0.25, 0.3) is 0 Å². The van der Waals surface area contributed by atoms with Gasteiger partial charge in [0.1, 0.15) is 6.10 Å². The van der Waals surface area contributed by atoms with Gasteiger partial charge in [0.25, 0.3) is 0 Å². The van der Waals surface area contributed by atoms with Crippen molar-refractivity contribution in [3.8, 4) is 0 Å². The second-order valence-electron chi connectivity index (χ2n) is 11.5. The lowest BCUT2D eigenvalue weighted by Gasteiger charge is -2.63. The van der Waals surface area contributed by atoms with E-state index in [1.54, 1.807) is 6.07 Å². The van der Waals surface area contributed by atoms with E-state index in [9.17, 15) is 19.8 Å². The van der Waals surface area contributed by atoms with Crippen molar-refractivity contribution in [1.29, 1.82) is 0 Å². The number of hydrogen-bond acceptors (Lipinski definition) is 6.